The SMILES string of the molecule is CCOc1ccc(Br)cc1/C=C/C(=O)c1cccnc1. The van der Waals surface area contributed by atoms with Crippen LogP contribution in [0.5, 0.6) is 5.75 Å². The zero-order chi connectivity index (χ0) is 14.4. The quantitative estimate of drug-likeness (QED) is 0.610. The molecule has 1 heterocycles. The average molecular weight is 332 g/mol. The van der Waals surface area contributed by atoms with Gasteiger partial charge in [0.1, 0.15) is 5.75 Å². The van der Waals surface area contributed by atoms with Crippen molar-refractivity contribution in [2.45, 2.75) is 6.92 Å². The van der Waals surface area contributed by atoms with E-state index in [1.165, 1.54) is 6.08 Å². The van der Waals surface area contributed by atoms with Crippen LogP contribution in [-0.4, -0.2) is 17.4 Å². The highest BCUT2D eigenvalue weighted by Crippen LogP contribution is 2.24. The van der Waals surface area contributed by atoms with Crippen molar-refractivity contribution < 1.29 is 9.53 Å². The average Bonchev–Trinajstić information content (AvgIpc) is 2.48. The molecule has 0 bridgehead atoms. The minimum absolute atomic E-state index is 0.0828. The Kier molecular flexibility index (Phi) is 5.07. The molecule has 0 unspecified atom stereocenters. The smallest absolute Gasteiger partial charge is 0.187 e. The first-order valence-corrected chi connectivity index (χ1v) is 7.05. The van der Waals surface area contributed by atoms with E-state index < -0.39 is 0 Å². The van der Waals surface area contributed by atoms with Gasteiger partial charge in [0.2, 0.25) is 0 Å². The van der Waals surface area contributed by atoms with Gasteiger partial charge < -0.3 is 4.74 Å². The van der Waals surface area contributed by atoms with Gasteiger partial charge in [0.05, 0.1) is 6.61 Å². The molecule has 2 rings (SSSR count). The van der Waals surface area contributed by atoms with E-state index in [1.54, 1.807) is 30.6 Å². The minimum atomic E-state index is -0.0828. The van der Waals surface area contributed by atoms with E-state index in [9.17, 15) is 4.79 Å². The summed E-state index contributed by atoms with van der Waals surface area (Å²) in [7, 11) is 0. The van der Waals surface area contributed by atoms with E-state index in [2.05, 4.69) is 20.9 Å². The van der Waals surface area contributed by atoms with Gasteiger partial charge in [-0.1, -0.05) is 15.9 Å². The molecule has 0 spiro atoms. The Labute approximate surface area is 126 Å². The molecular weight excluding hydrogens is 318 g/mol. The summed E-state index contributed by atoms with van der Waals surface area (Å²) in [6.07, 6.45) is 6.48. The van der Waals surface area contributed by atoms with Crippen LogP contribution in [0.1, 0.15) is 22.8 Å². The van der Waals surface area contributed by atoms with Gasteiger partial charge in [0.25, 0.3) is 0 Å². The Morgan fingerprint density at radius 2 is 2.25 bits per heavy atom. The maximum atomic E-state index is 12.0. The number of benzene rings is 1. The van der Waals surface area contributed by atoms with Crippen LogP contribution in [0.15, 0.2) is 53.3 Å². The van der Waals surface area contributed by atoms with Crippen molar-refractivity contribution in [3.63, 3.8) is 0 Å². The molecule has 102 valence electrons. The van der Waals surface area contributed by atoms with E-state index >= 15 is 0 Å². The molecule has 0 aliphatic carbocycles. The number of pyridine rings is 1. The number of nitrogens with zero attached hydrogens (tertiary/aromatic N) is 1. The first kappa shape index (κ1) is 14.5. The number of carbonyl (C=O) groups is 1. The molecule has 0 aliphatic rings. The molecule has 0 saturated carbocycles. The minimum Gasteiger partial charge on any atom is -0.493 e. The second-order valence-corrected chi connectivity index (χ2v) is 4.97. The summed E-state index contributed by atoms with van der Waals surface area (Å²) in [5.41, 5.74) is 1.43. The summed E-state index contributed by atoms with van der Waals surface area (Å²) < 4.78 is 6.47. The zero-order valence-electron chi connectivity index (χ0n) is 11.0. The molecule has 4 heteroatoms. The normalized spacial score (nSPS) is 10.7. The third-order valence-corrected chi connectivity index (χ3v) is 3.13. The van der Waals surface area contributed by atoms with Crippen molar-refractivity contribution in [3.8, 4) is 5.75 Å². The van der Waals surface area contributed by atoms with Gasteiger partial charge in [0, 0.05) is 28.0 Å². The Morgan fingerprint density at radius 1 is 1.40 bits per heavy atom. The van der Waals surface area contributed by atoms with Crippen molar-refractivity contribution in [1.82, 2.24) is 4.98 Å². The maximum absolute atomic E-state index is 12.0. The molecular formula is C16H14BrNO2. The fourth-order valence-corrected chi connectivity index (χ4v) is 2.09. The van der Waals surface area contributed by atoms with Crippen LogP contribution in [0.4, 0.5) is 0 Å². The molecule has 2 aromatic rings. The van der Waals surface area contributed by atoms with Crippen LogP contribution in [0.25, 0.3) is 6.08 Å². The van der Waals surface area contributed by atoms with E-state index in [0.717, 1.165) is 15.8 Å². The van der Waals surface area contributed by atoms with Gasteiger partial charge in [-0.25, -0.2) is 0 Å². The third-order valence-electron chi connectivity index (χ3n) is 2.63. The Bertz CT molecular complexity index is 624. The van der Waals surface area contributed by atoms with Gasteiger partial charge in [-0.05, 0) is 49.4 Å². The van der Waals surface area contributed by atoms with Crippen LogP contribution in [0, 0.1) is 0 Å². The predicted octanol–water partition coefficient (Wildman–Crippen LogP) is 4.14. The number of ether oxygens (including phenoxy) is 1. The topological polar surface area (TPSA) is 39.2 Å². The lowest BCUT2D eigenvalue weighted by Gasteiger charge is -2.07. The molecule has 0 radical (unpaired) electrons. The number of hydrogen-bond donors (Lipinski definition) is 0. The van der Waals surface area contributed by atoms with E-state index in [4.69, 9.17) is 4.74 Å². The fourth-order valence-electron chi connectivity index (χ4n) is 1.71. The largest absolute Gasteiger partial charge is 0.493 e. The number of aromatic nitrogens is 1. The highest BCUT2D eigenvalue weighted by molar-refractivity contribution is 9.10. The van der Waals surface area contributed by atoms with Gasteiger partial charge in [-0.15, -0.1) is 0 Å². The van der Waals surface area contributed by atoms with Crippen LogP contribution in [0.2, 0.25) is 0 Å². The van der Waals surface area contributed by atoms with Crippen LogP contribution < -0.4 is 4.74 Å². The van der Waals surface area contributed by atoms with Crippen molar-refractivity contribution in [2.75, 3.05) is 6.61 Å². The number of rotatable bonds is 5. The zero-order valence-corrected chi connectivity index (χ0v) is 12.6. The monoisotopic (exact) mass is 331 g/mol. The number of carbonyl (C=O) groups excluding carboxylic acids is 1. The standard InChI is InChI=1S/C16H14BrNO2/c1-2-20-16-8-6-14(17)10-12(16)5-7-15(19)13-4-3-9-18-11-13/h3-11H,2H2,1H3/b7-5+. The lowest BCUT2D eigenvalue weighted by atomic mass is 10.1. The summed E-state index contributed by atoms with van der Waals surface area (Å²) in [6.45, 7) is 2.51. The molecule has 20 heavy (non-hydrogen) atoms. The Balaban J connectivity index is 2.23. The first-order chi connectivity index (χ1) is 9.70. The van der Waals surface area contributed by atoms with Crippen molar-refractivity contribution >= 4 is 27.8 Å². The second kappa shape index (κ2) is 7.01. The van der Waals surface area contributed by atoms with E-state index in [0.29, 0.717) is 12.2 Å². The molecule has 0 aliphatic heterocycles. The molecule has 0 saturated heterocycles. The first-order valence-electron chi connectivity index (χ1n) is 6.25. The highest BCUT2D eigenvalue weighted by atomic mass is 79.9. The number of allylic oxidation sites excluding steroid dienone is 1. The van der Waals surface area contributed by atoms with Crippen LogP contribution in [0.3, 0.4) is 0 Å². The summed E-state index contributed by atoms with van der Waals surface area (Å²) in [4.78, 5) is 15.9. The van der Waals surface area contributed by atoms with Gasteiger partial charge in [-0.2, -0.15) is 0 Å². The lowest BCUT2D eigenvalue weighted by molar-refractivity contribution is 0.104. The predicted molar refractivity (Wildman–Crippen MR) is 82.9 cm³/mol. The number of ketones is 1. The molecule has 3 nitrogen and oxygen atoms in total. The number of halogens is 1. The van der Waals surface area contributed by atoms with Crippen molar-refractivity contribution in [2.24, 2.45) is 0 Å². The molecule has 1 aromatic carbocycles. The van der Waals surface area contributed by atoms with E-state index in [-0.39, 0.29) is 5.78 Å². The molecule has 0 N–H and O–H groups in total. The molecule has 0 amide bonds. The maximum Gasteiger partial charge on any atom is 0.187 e. The fraction of sp³-hybridized carbons (Fsp3) is 0.125. The lowest BCUT2D eigenvalue weighted by Crippen LogP contribution is -1.96. The van der Waals surface area contributed by atoms with Crippen molar-refractivity contribution in [3.05, 3.63) is 64.4 Å². The van der Waals surface area contributed by atoms with Crippen LogP contribution in [-0.2, 0) is 0 Å². The summed E-state index contributed by atoms with van der Waals surface area (Å²) in [5.74, 6) is 0.673. The number of hydrogen-bond acceptors (Lipinski definition) is 3. The third kappa shape index (κ3) is 3.78. The highest BCUT2D eigenvalue weighted by Gasteiger charge is 2.04. The summed E-state index contributed by atoms with van der Waals surface area (Å²) in [6, 6.07) is 9.18. The van der Waals surface area contributed by atoms with E-state index in [1.807, 2.05) is 25.1 Å². The molecule has 1 aromatic heterocycles. The van der Waals surface area contributed by atoms with Gasteiger partial charge in [-0.3, -0.25) is 9.78 Å². The second-order valence-electron chi connectivity index (χ2n) is 4.05. The molecule has 0 fully saturated rings. The van der Waals surface area contributed by atoms with Gasteiger partial charge in [0.15, 0.2) is 5.78 Å². The molecule has 0 atom stereocenters. The van der Waals surface area contributed by atoms with Crippen LogP contribution >= 0.6 is 15.9 Å². The van der Waals surface area contributed by atoms with Gasteiger partial charge >= 0.3 is 0 Å². The Hall–Kier alpha value is -1.94. The summed E-state index contributed by atoms with van der Waals surface area (Å²) in [5, 5.41) is 0. The van der Waals surface area contributed by atoms with Crippen molar-refractivity contribution in [1.29, 1.82) is 0 Å². The Morgan fingerprint density at radius 3 is 2.95 bits per heavy atom. The summed E-state index contributed by atoms with van der Waals surface area (Å²) >= 11 is 3.41.